The molecule has 0 unspecified atom stereocenters. The molecule has 2 heterocycles. The van der Waals surface area contributed by atoms with Crippen LogP contribution in [0.3, 0.4) is 0 Å². The number of nitrogens with zero attached hydrogens (tertiary/aromatic N) is 3. The normalized spacial score (nSPS) is 11.2. The molecule has 3 aromatic rings. The van der Waals surface area contributed by atoms with Crippen LogP contribution in [0.2, 0.25) is 5.02 Å². The number of amides is 3. The molecule has 8 nitrogen and oxygen atoms in total. The largest absolute Gasteiger partial charge is 0.417 e. The molecule has 0 aliphatic heterocycles. The molecule has 0 saturated heterocycles. The highest BCUT2D eigenvalue weighted by Crippen LogP contribution is 2.32. The molecule has 0 spiro atoms. The van der Waals surface area contributed by atoms with E-state index in [2.05, 4.69) is 20.7 Å². The van der Waals surface area contributed by atoms with Gasteiger partial charge in [0.25, 0.3) is 5.91 Å². The smallest absolute Gasteiger partial charge is 0.396 e. The second kappa shape index (κ2) is 10.7. The summed E-state index contributed by atoms with van der Waals surface area (Å²) in [6, 6.07) is 3.11. The van der Waals surface area contributed by atoms with E-state index in [4.69, 9.17) is 17.3 Å². The molecule has 2 aromatic heterocycles. The topological polar surface area (TPSA) is 113 Å². The second-order valence-corrected chi connectivity index (χ2v) is 7.74. The quantitative estimate of drug-likeness (QED) is 0.255. The lowest BCUT2D eigenvalue weighted by molar-refractivity contribution is -0.137. The van der Waals surface area contributed by atoms with E-state index in [0.29, 0.717) is 12.3 Å². The average molecular weight is 529 g/mol. The molecule has 0 bridgehead atoms. The van der Waals surface area contributed by atoms with Crippen molar-refractivity contribution in [3.05, 3.63) is 76.3 Å². The summed E-state index contributed by atoms with van der Waals surface area (Å²) in [6.07, 6.45) is -2.02. The number of hydrogen-bond acceptors (Lipinski definition) is 5. The van der Waals surface area contributed by atoms with Crippen LogP contribution in [0.5, 0.6) is 0 Å². The molecule has 190 valence electrons. The maximum Gasteiger partial charge on any atom is 0.417 e. The summed E-state index contributed by atoms with van der Waals surface area (Å²) < 4.78 is 67.0. The molecule has 0 fully saturated rings. The van der Waals surface area contributed by atoms with Gasteiger partial charge in [-0.1, -0.05) is 11.6 Å². The van der Waals surface area contributed by atoms with Crippen LogP contribution in [0.15, 0.2) is 42.9 Å². The molecule has 0 atom stereocenters. The van der Waals surface area contributed by atoms with Crippen LogP contribution in [-0.2, 0) is 12.7 Å². The summed E-state index contributed by atoms with van der Waals surface area (Å²) in [5.74, 6) is -2.63. The van der Waals surface area contributed by atoms with Gasteiger partial charge in [0, 0.05) is 41.3 Å². The Morgan fingerprint density at radius 2 is 1.81 bits per heavy atom. The standard InChI is InChI=1S/C22H18ClF5N6O2/c1-2-34(33-20(35)12-3-13(9-30-7-12)22(26,27)28)21(36)32-10-18-16(24)4-11(8-31-18)15-5-14(23)6-17(25)19(15)29/h3-9H,2,10,29H2,1H3,(H,32,36)(H,33,35). The number of pyridine rings is 2. The fraction of sp³-hybridized carbons (Fsp3) is 0.182. The van der Waals surface area contributed by atoms with Gasteiger partial charge >= 0.3 is 12.2 Å². The maximum atomic E-state index is 14.6. The Balaban J connectivity index is 1.67. The van der Waals surface area contributed by atoms with Crippen molar-refractivity contribution < 1.29 is 31.5 Å². The summed E-state index contributed by atoms with van der Waals surface area (Å²) in [7, 11) is 0. The van der Waals surface area contributed by atoms with E-state index >= 15 is 0 Å². The third-order valence-electron chi connectivity index (χ3n) is 4.86. The van der Waals surface area contributed by atoms with Gasteiger partial charge in [0.15, 0.2) is 0 Å². The van der Waals surface area contributed by atoms with Crippen LogP contribution in [-0.4, -0.2) is 33.5 Å². The zero-order valence-corrected chi connectivity index (χ0v) is 19.2. The van der Waals surface area contributed by atoms with Crippen LogP contribution >= 0.6 is 11.6 Å². The summed E-state index contributed by atoms with van der Waals surface area (Å²) in [6.45, 7) is 1.02. The lowest BCUT2D eigenvalue weighted by atomic mass is 10.0. The van der Waals surface area contributed by atoms with Crippen molar-refractivity contribution in [1.82, 2.24) is 25.7 Å². The number of hydrogen-bond donors (Lipinski definition) is 3. The minimum absolute atomic E-state index is 0.0519. The zero-order chi connectivity index (χ0) is 26.6. The number of carbonyl (C=O) groups excluding carboxylic acids is 2. The minimum atomic E-state index is -4.70. The van der Waals surface area contributed by atoms with Gasteiger partial charge in [-0.3, -0.25) is 20.2 Å². The summed E-state index contributed by atoms with van der Waals surface area (Å²) in [5.41, 5.74) is 6.15. The number of urea groups is 1. The number of rotatable bonds is 5. The molecule has 0 saturated carbocycles. The van der Waals surface area contributed by atoms with E-state index in [1.165, 1.54) is 19.2 Å². The van der Waals surface area contributed by atoms with Gasteiger partial charge in [-0.15, -0.1) is 0 Å². The summed E-state index contributed by atoms with van der Waals surface area (Å²) in [4.78, 5) is 32.1. The summed E-state index contributed by atoms with van der Waals surface area (Å²) in [5, 5.41) is 3.17. The Hall–Kier alpha value is -4.00. The van der Waals surface area contributed by atoms with E-state index in [1.54, 1.807) is 0 Å². The summed E-state index contributed by atoms with van der Waals surface area (Å²) >= 11 is 5.83. The van der Waals surface area contributed by atoms with Gasteiger partial charge < -0.3 is 11.1 Å². The van der Waals surface area contributed by atoms with Crippen molar-refractivity contribution in [3.8, 4) is 11.1 Å². The highest BCUT2D eigenvalue weighted by Gasteiger charge is 2.31. The first-order chi connectivity index (χ1) is 16.9. The van der Waals surface area contributed by atoms with Crippen molar-refractivity contribution in [2.75, 3.05) is 12.3 Å². The van der Waals surface area contributed by atoms with Crippen LogP contribution in [0.1, 0.15) is 28.5 Å². The number of anilines is 1. The predicted molar refractivity (Wildman–Crippen MR) is 120 cm³/mol. The molecule has 0 aliphatic carbocycles. The van der Waals surface area contributed by atoms with Crippen LogP contribution in [0.4, 0.5) is 32.4 Å². The van der Waals surface area contributed by atoms with E-state index in [1.807, 2.05) is 0 Å². The first-order valence-electron chi connectivity index (χ1n) is 10.2. The Labute approximate surface area is 206 Å². The van der Waals surface area contributed by atoms with Gasteiger partial charge in [-0.05, 0) is 31.2 Å². The van der Waals surface area contributed by atoms with Gasteiger partial charge in [-0.25, -0.2) is 18.6 Å². The highest BCUT2D eigenvalue weighted by molar-refractivity contribution is 6.31. The molecule has 36 heavy (non-hydrogen) atoms. The Bertz CT molecular complexity index is 1300. The number of benzene rings is 1. The number of carbonyl (C=O) groups is 2. The maximum absolute atomic E-state index is 14.6. The average Bonchev–Trinajstić information content (AvgIpc) is 2.83. The molecule has 14 heteroatoms. The van der Waals surface area contributed by atoms with Crippen molar-refractivity contribution in [2.24, 2.45) is 0 Å². The number of nitrogen functional groups attached to an aromatic ring is 1. The fourth-order valence-electron chi connectivity index (χ4n) is 3.00. The van der Waals surface area contributed by atoms with E-state index in [9.17, 15) is 31.5 Å². The highest BCUT2D eigenvalue weighted by atomic mass is 35.5. The molecule has 0 radical (unpaired) electrons. The van der Waals surface area contributed by atoms with Crippen molar-refractivity contribution in [2.45, 2.75) is 19.6 Å². The van der Waals surface area contributed by atoms with Crippen LogP contribution < -0.4 is 16.5 Å². The predicted octanol–water partition coefficient (Wildman–Crippen LogP) is 4.55. The van der Waals surface area contributed by atoms with Crippen molar-refractivity contribution in [3.63, 3.8) is 0 Å². The monoisotopic (exact) mass is 528 g/mol. The number of nitrogens with one attached hydrogen (secondary N) is 2. The van der Waals surface area contributed by atoms with Crippen molar-refractivity contribution in [1.29, 1.82) is 0 Å². The first-order valence-corrected chi connectivity index (χ1v) is 10.6. The third kappa shape index (κ3) is 6.16. The van der Waals surface area contributed by atoms with Gasteiger partial charge in [-0.2, -0.15) is 13.2 Å². The Morgan fingerprint density at radius 3 is 2.44 bits per heavy atom. The van der Waals surface area contributed by atoms with E-state index < -0.39 is 47.4 Å². The lowest BCUT2D eigenvalue weighted by Crippen LogP contribution is -2.50. The number of aromatic nitrogens is 2. The zero-order valence-electron chi connectivity index (χ0n) is 18.5. The lowest BCUT2D eigenvalue weighted by Gasteiger charge is -2.22. The number of nitrogens with two attached hydrogens (primary N) is 1. The molecular weight excluding hydrogens is 511 g/mol. The molecule has 3 amide bonds. The Kier molecular flexibility index (Phi) is 7.93. The van der Waals surface area contributed by atoms with Crippen LogP contribution in [0.25, 0.3) is 11.1 Å². The minimum Gasteiger partial charge on any atom is -0.396 e. The molecule has 4 N–H and O–H groups in total. The number of alkyl halides is 3. The number of halogens is 6. The third-order valence-corrected chi connectivity index (χ3v) is 5.07. The van der Waals surface area contributed by atoms with Gasteiger partial charge in [0.1, 0.15) is 11.6 Å². The number of hydrazine groups is 1. The molecule has 3 rings (SSSR count). The van der Waals surface area contributed by atoms with E-state index in [0.717, 1.165) is 23.3 Å². The molecule has 0 aliphatic rings. The van der Waals surface area contributed by atoms with E-state index in [-0.39, 0.29) is 34.1 Å². The second-order valence-electron chi connectivity index (χ2n) is 7.31. The Morgan fingerprint density at radius 1 is 1.08 bits per heavy atom. The molecule has 1 aromatic carbocycles. The first kappa shape index (κ1) is 26.6. The SMILES string of the molecule is CCN(NC(=O)c1cncc(C(F)(F)F)c1)C(=O)NCc1ncc(-c2cc(Cl)cc(F)c2N)cc1F. The fourth-order valence-corrected chi connectivity index (χ4v) is 3.21. The van der Waals surface area contributed by atoms with Crippen molar-refractivity contribution >= 4 is 29.2 Å². The van der Waals surface area contributed by atoms with Gasteiger partial charge in [0.2, 0.25) is 0 Å². The van der Waals surface area contributed by atoms with Gasteiger partial charge in [0.05, 0.1) is 29.1 Å². The molecular formula is C22H18ClF5N6O2. The van der Waals surface area contributed by atoms with Crippen LogP contribution in [0, 0.1) is 11.6 Å².